The van der Waals surface area contributed by atoms with Crippen LogP contribution in [0.3, 0.4) is 0 Å². The second kappa shape index (κ2) is 5.98. The third kappa shape index (κ3) is 2.59. The summed E-state index contributed by atoms with van der Waals surface area (Å²) in [7, 11) is 0. The van der Waals surface area contributed by atoms with Crippen molar-refractivity contribution in [3.8, 4) is 5.69 Å². The van der Waals surface area contributed by atoms with Gasteiger partial charge in [0.05, 0.1) is 5.69 Å². The standard InChI is InChI=1S/C18H18FN3O3/c19-11-6-8-12(9-7-11)22-14-4-1-3-13(14)16(20-22)17(23)21-10-2-5-15(21)18(24)25/h6-9,15H,1-5,10H2,(H,24,25). The number of carbonyl (C=O) groups excluding carboxylic acids is 1. The molecule has 1 aliphatic carbocycles. The number of aromatic nitrogens is 2. The topological polar surface area (TPSA) is 75.4 Å². The fourth-order valence-electron chi connectivity index (χ4n) is 3.81. The molecule has 1 aromatic carbocycles. The van der Waals surface area contributed by atoms with Crippen LogP contribution in [0, 0.1) is 5.82 Å². The minimum absolute atomic E-state index is 0.316. The van der Waals surface area contributed by atoms with E-state index in [1.54, 1.807) is 16.8 Å². The van der Waals surface area contributed by atoms with Gasteiger partial charge in [-0.3, -0.25) is 4.79 Å². The summed E-state index contributed by atoms with van der Waals surface area (Å²) in [6.45, 7) is 0.438. The zero-order valence-corrected chi connectivity index (χ0v) is 13.6. The first-order valence-electron chi connectivity index (χ1n) is 8.47. The molecule has 0 bridgehead atoms. The summed E-state index contributed by atoms with van der Waals surface area (Å²) in [4.78, 5) is 25.7. The Morgan fingerprint density at radius 1 is 1.16 bits per heavy atom. The van der Waals surface area contributed by atoms with Crippen LogP contribution in [0.1, 0.15) is 41.0 Å². The van der Waals surface area contributed by atoms with E-state index in [1.807, 2.05) is 0 Å². The van der Waals surface area contributed by atoms with Gasteiger partial charge in [-0.15, -0.1) is 0 Å². The molecule has 25 heavy (non-hydrogen) atoms. The van der Waals surface area contributed by atoms with Gasteiger partial charge in [0.2, 0.25) is 0 Å². The van der Waals surface area contributed by atoms with E-state index in [9.17, 15) is 19.1 Å². The van der Waals surface area contributed by atoms with E-state index in [1.165, 1.54) is 17.0 Å². The molecule has 1 N–H and O–H groups in total. The molecule has 1 unspecified atom stereocenters. The largest absolute Gasteiger partial charge is 0.480 e. The number of amides is 1. The molecular weight excluding hydrogens is 325 g/mol. The molecule has 7 heteroatoms. The number of hydrogen-bond acceptors (Lipinski definition) is 3. The van der Waals surface area contributed by atoms with Crippen molar-refractivity contribution in [2.45, 2.75) is 38.1 Å². The molecule has 0 saturated carbocycles. The Balaban J connectivity index is 1.74. The van der Waals surface area contributed by atoms with E-state index >= 15 is 0 Å². The minimum atomic E-state index is -0.972. The molecule has 130 valence electrons. The number of hydrogen-bond donors (Lipinski definition) is 1. The molecule has 2 heterocycles. The molecule has 2 aromatic rings. The van der Waals surface area contributed by atoms with Gasteiger partial charge in [-0.1, -0.05) is 0 Å². The van der Waals surface area contributed by atoms with Crippen molar-refractivity contribution in [3.05, 3.63) is 47.0 Å². The summed E-state index contributed by atoms with van der Waals surface area (Å²) in [6.07, 6.45) is 3.64. The smallest absolute Gasteiger partial charge is 0.326 e. The summed E-state index contributed by atoms with van der Waals surface area (Å²) in [6, 6.07) is 5.21. The second-order valence-electron chi connectivity index (χ2n) is 6.51. The molecule has 1 fully saturated rings. The Kier molecular flexibility index (Phi) is 3.78. The zero-order valence-electron chi connectivity index (χ0n) is 13.6. The van der Waals surface area contributed by atoms with E-state index in [-0.39, 0.29) is 11.7 Å². The Morgan fingerprint density at radius 3 is 2.64 bits per heavy atom. The average Bonchev–Trinajstić information content (AvgIpc) is 3.31. The number of likely N-dealkylation sites (tertiary alicyclic amines) is 1. The minimum Gasteiger partial charge on any atom is -0.480 e. The second-order valence-corrected chi connectivity index (χ2v) is 6.51. The molecule has 2 aliphatic rings. The molecular formula is C18H18FN3O3. The summed E-state index contributed by atoms with van der Waals surface area (Å²) >= 11 is 0. The van der Waals surface area contributed by atoms with Crippen molar-refractivity contribution < 1.29 is 19.1 Å². The van der Waals surface area contributed by atoms with E-state index in [0.717, 1.165) is 30.5 Å². The highest BCUT2D eigenvalue weighted by Crippen LogP contribution is 2.30. The molecule has 1 aliphatic heterocycles. The lowest BCUT2D eigenvalue weighted by molar-refractivity contribution is -0.141. The van der Waals surface area contributed by atoms with Crippen LogP contribution < -0.4 is 0 Å². The van der Waals surface area contributed by atoms with Gasteiger partial charge in [0.15, 0.2) is 5.69 Å². The maximum absolute atomic E-state index is 13.2. The predicted octanol–water partition coefficient (Wildman–Crippen LogP) is 2.19. The number of carboxylic acids is 1. The highest BCUT2D eigenvalue weighted by Gasteiger charge is 2.37. The zero-order chi connectivity index (χ0) is 17.6. The van der Waals surface area contributed by atoms with Crippen LogP contribution in [-0.4, -0.2) is 44.3 Å². The normalized spacial score (nSPS) is 19.2. The highest BCUT2D eigenvalue weighted by atomic mass is 19.1. The third-order valence-electron chi connectivity index (χ3n) is 5.00. The molecule has 1 amide bonds. The van der Waals surface area contributed by atoms with Crippen molar-refractivity contribution in [2.75, 3.05) is 6.54 Å². The summed E-state index contributed by atoms with van der Waals surface area (Å²) in [5, 5.41) is 13.8. The van der Waals surface area contributed by atoms with Crippen LogP contribution in [0.25, 0.3) is 5.69 Å². The molecule has 1 atom stereocenters. The van der Waals surface area contributed by atoms with Gasteiger partial charge in [0.1, 0.15) is 11.9 Å². The monoisotopic (exact) mass is 343 g/mol. The predicted molar refractivity (Wildman–Crippen MR) is 87.2 cm³/mol. The van der Waals surface area contributed by atoms with Crippen molar-refractivity contribution in [2.24, 2.45) is 0 Å². The van der Waals surface area contributed by atoms with Gasteiger partial charge >= 0.3 is 5.97 Å². The first-order chi connectivity index (χ1) is 12.1. The SMILES string of the molecule is O=C(O)C1CCCN1C(=O)c1nn(-c2ccc(F)cc2)c2c1CCC2. The molecule has 1 aromatic heterocycles. The van der Waals surface area contributed by atoms with Crippen molar-refractivity contribution in [3.63, 3.8) is 0 Å². The van der Waals surface area contributed by atoms with Crippen molar-refractivity contribution in [1.29, 1.82) is 0 Å². The van der Waals surface area contributed by atoms with Crippen LogP contribution in [0.2, 0.25) is 0 Å². The quantitative estimate of drug-likeness (QED) is 0.927. The Bertz CT molecular complexity index is 844. The number of fused-ring (bicyclic) bond motifs is 1. The lowest BCUT2D eigenvalue weighted by Gasteiger charge is -2.20. The fourth-order valence-corrected chi connectivity index (χ4v) is 3.81. The molecule has 4 rings (SSSR count). The molecule has 0 radical (unpaired) electrons. The van der Waals surface area contributed by atoms with Crippen LogP contribution in [-0.2, 0) is 17.6 Å². The van der Waals surface area contributed by atoms with Crippen molar-refractivity contribution >= 4 is 11.9 Å². The number of benzene rings is 1. The van der Waals surface area contributed by atoms with Crippen LogP contribution >= 0.6 is 0 Å². The van der Waals surface area contributed by atoms with E-state index in [2.05, 4.69) is 5.10 Å². The van der Waals surface area contributed by atoms with Gasteiger partial charge in [-0.05, 0) is 56.4 Å². The van der Waals surface area contributed by atoms with Crippen LogP contribution in [0.5, 0.6) is 0 Å². The molecule has 6 nitrogen and oxygen atoms in total. The van der Waals surface area contributed by atoms with Gasteiger partial charge in [0, 0.05) is 17.8 Å². The molecule has 0 spiro atoms. The highest BCUT2D eigenvalue weighted by molar-refractivity contribution is 5.97. The lowest BCUT2D eigenvalue weighted by atomic mass is 10.1. The first kappa shape index (κ1) is 15.8. The number of aliphatic carboxylic acids is 1. The number of nitrogens with zero attached hydrogens (tertiary/aromatic N) is 3. The van der Waals surface area contributed by atoms with Crippen molar-refractivity contribution in [1.82, 2.24) is 14.7 Å². The maximum atomic E-state index is 13.2. The van der Waals surface area contributed by atoms with E-state index < -0.39 is 12.0 Å². The number of carbonyl (C=O) groups is 2. The summed E-state index contributed by atoms with van der Waals surface area (Å²) < 4.78 is 14.9. The Labute approximate surface area is 143 Å². The van der Waals surface area contributed by atoms with Gasteiger partial charge in [-0.2, -0.15) is 5.10 Å². The summed E-state index contributed by atoms with van der Waals surface area (Å²) in [5.74, 6) is -1.62. The van der Waals surface area contributed by atoms with E-state index in [0.29, 0.717) is 30.8 Å². The molecule has 1 saturated heterocycles. The lowest BCUT2D eigenvalue weighted by Crippen LogP contribution is -2.40. The third-order valence-corrected chi connectivity index (χ3v) is 5.00. The van der Waals surface area contributed by atoms with Crippen LogP contribution in [0.15, 0.2) is 24.3 Å². The Morgan fingerprint density at radius 2 is 1.92 bits per heavy atom. The number of halogens is 1. The van der Waals surface area contributed by atoms with Crippen LogP contribution in [0.4, 0.5) is 4.39 Å². The number of rotatable bonds is 3. The van der Waals surface area contributed by atoms with Gasteiger partial charge in [-0.25, -0.2) is 13.9 Å². The maximum Gasteiger partial charge on any atom is 0.326 e. The summed E-state index contributed by atoms with van der Waals surface area (Å²) in [5.41, 5.74) is 2.89. The Hall–Kier alpha value is -2.70. The average molecular weight is 343 g/mol. The number of carboxylic acid groups (broad SMARTS) is 1. The van der Waals surface area contributed by atoms with Gasteiger partial charge < -0.3 is 10.0 Å². The van der Waals surface area contributed by atoms with Gasteiger partial charge in [0.25, 0.3) is 5.91 Å². The fraction of sp³-hybridized carbons (Fsp3) is 0.389. The van der Waals surface area contributed by atoms with E-state index in [4.69, 9.17) is 0 Å². The first-order valence-corrected chi connectivity index (χ1v) is 8.47.